The zero-order valence-electron chi connectivity index (χ0n) is 17.5. The fourth-order valence-electron chi connectivity index (χ4n) is 3.30. The van der Waals surface area contributed by atoms with Gasteiger partial charge in [-0.2, -0.15) is 0 Å². The van der Waals surface area contributed by atoms with Crippen LogP contribution in [0.3, 0.4) is 0 Å². The molecule has 7 nitrogen and oxygen atoms in total. The predicted molar refractivity (Wildman–Crippen MR) is 127 cm³/mol. The van der Waals surface area contributed by atoms with E-state index in [1.54, 1.807) is 14.0 Å². The molecular weight excluding hydrogens is 481 g/mol. The number of benzene rings is 1. The fourth-order valence-corrected chi connectivity index (χ4v) is 3.30. The van der Waals surface area contributed by atoms with Gasteiger partial charge in [-0.15, -0.1) is 24.0 Å². The molecule has 0 aromatic heterocycles. The Morgan fingerprint density at radius 3 is 2.55 bits per heavy atom. The van der Waals surface area contributed by atoms with E-state index in [0.29, 0.717) is 6.54 Å². The van der Waals surface area contributed by atoms with E-state index in [0.717, 1.165) is 69.1 Å². The van der Waals surface area contributed by atoms with Gasteiger partial charge in [-0.05, 0) is 24.8 Å². The Balaban J connectivity index is 0.00000300. The second-order valence-corrected chi connectivity index (χ2v) is 7.56. The van der Waals surface area contributed by atoms with Gasteiger partial charge in [-0.3, -0.25) is 14.7 Å². The number of amides is 1. The summed E-state index contributed by atoms with van der Waals surface area (Å²) >= 11 is 0. The monoisotopic (exact) mass is 515 g/mol. The highest BCUT2D eigenvalue weighted by molar-refractivity contribution is 14.0. The van der Waals surface area contributed by atoms with Crippen LogP contribution in [0, 0.1) is 5.92 Å². The minimum Gasteiger partial charge on any atom is -0.493 e. The largest absolute Gasteiger partial charge is 0.493 e. The van der Waals surface area contributed by atoms with Crippen LogP contribution in [0.4, 0.5) is 0 Å². The van der Waals surface area contributed by atoms with E-state index >= 15 is 0 Å². The molecule has 162 valence electrons. The van der Waals surface area contributed by atoms with Gasteiger partial charge in [0, 0.05) is 65.3 Å². The lowest BCUT2D eigenvalue weighted by molar-refractivity contribution is -0.130. The molecular formula is C21H34IN5O2. The average Bonchev–Trinajstić information content (AvgIpc) is 3.54. The standard InChI is InChI=1S/C21H33N5O2.HI/c1-17(27)26-13-11-25(12-14-26)10-9-23-21(22-2)24-15-19-5-3-4-6-20(19)28-16-18-7-8-18;/h3-6,18H,7-16H2,1-2H3,(H2,22,23,24);1H. The first kappa shape index (κ1) is 23.7. The summed E-state index contributed by atoms with van der Waals surface area (Å²) in [5.74, 6) is 2.66. The van der Waals surface area contributed by atoms with Crippen molar-refractivity contribution >= 4 is 35.8 Å². The smallest absolute Gasteiger partial charge is 0.219 e. The first-order chi connectivity index (χ1) is 13.7. The molecule has 0 unspecified atom stereocenters. The lowest BCUT2D eigenvalue weighted by atomic mass is 10.2. The van der Waals surface area contributed by atoms with E-state index in [1.807, 2.05) is 23.1 Å². The number of hydrogen-bond donors (Lipinski definition) is 2. The Bertz CT molecular complexity index is 673. The lowest BCUT2D eigenvalue weighted by Crippen LogP contribution is -2.50. The van der Waals surface area contributed by atoms with Crippen LogP contribution in [-0.2, 0) is 11.3 Å². The minimum atomic E-state index is 0. The van der Waals surface area contributed by atoms with Crippen LogP contribution in [0.1, 0.15) is 25.3 Å². The number of ether oxygens (including phenoxy) is 1. The first-order valence-electron chi connectivity index (χ1n) is 10.3. The van der Waals surface area contributed by atoms with E-state index in [4.69, 9.17) is 4.74 Å². The second kappa shape index (κ2) is 12.2. The number of piperazine rings is 1. The van der Waals surface area contributed by atoms with Crippen LogP contribution in [0.5, 0.6) is 5.75 Å². The number of para-hydroxylation sites is 1. The van der Waals surface area contributed by atoms with Gasteiger partial charge in [-0.25, -0.2) is 0 Å². The highest BCUT2D eigenvalue weighted by Gasteiger charge is 2.22. The van der Waals surface area contributed by atoms with Gasteiger partial charge in [-0.1, -0.05) is 18.2 Å². The van der Waals surface area contributed by atoms with Crippen LogP contribution in [0.15, 0.2) is 29.3 Å². The normalized spacial score (nSPS) is 17.4. The molecule has 1 amide bonds. The number of halogens is 1. The lowest BCUT2D eigenvalue weighted by Gasteiger charge is -2.34. The Morgan fingerprint density at radius 2 is 1.90 bits per heavy atom. The predicted octanol–water partition coefficient (Wildman–Crippen LogP) is 1.92. The third kappa shape index (κ3) is 8.00. The summed E-state index contributed by atoms with van der Waals surface area (Å²) in [6.45, 7) is 8.39. The van der Waals surface area contributed by atoms with Crippen LogP contribution < -0.4 is 15.4 Å². The molecule has 8 heteroatoms. The molecule has 1 aromatic carbocycles. The molecule has 2 aliphatic rings. The van der Waals surface area contributed by atoms with Crippen LogP contribution in [0.2, 0.25) is 0 Å². The summed E-state index contributed by atoms with van der Waals surface area (Å²) in [5, 5.41) is 6.75. The summed E-state index contributed by atoms with van der Waals surface area (Å²) in [4.78, 5) is 20.0. The number of rotatable bonds is 8. The van der Waals surface area contributed by atoms with Crippen molar-refractivity contribution in [2.45, 2.75) is 26.3 Å². The van der Waals surface area contributed by atoms with Crippen molar-refractivity contribution in [3.05, 3.63) is 29.8 Å². The van der Waals surface area contributed by atoms with Crippen LogP contribution in [0.25, 0.3) is 0 Å². The summed E-state index contributed by atoms with van der Waals surface area (Å²) in [5.41, 5.74) is 1.14. The highest BCUT2D eigenvalue weighted by atomic mass is 127. The third-order valence-corrected chi connectivity index (χ3v) is 5.35. The maximum absolute atomic E-state index is 11.4. The van der Waals surface area contributed by atoms with Gasteiger partial charge in [0.1, 0.15) is 5.75 Å². The van der Waals surface area contributed by atoms with Gasteiger partial charge >= 0.3 is 0 Å². The molecule has 29 heavy (non-hydrogen) atoms. The van der Waals surface area contributed by atoms with Crippen LogP contribution in [-0.4, -0.2) is 74.6 Å². The molecule has 3 rings (SSSR count). The maximum atomic E-state index is 11.4. The second-order valence-electron chi connectivity index (χ2n) is 7.56. The number of hydrogen-bond acceptors (Lipinski definition) is 4. The third-order valence-electron chi connectivity index (χ3n) is 5.35. The summed E-state index contributed by atoms with van der Waals surface area (Å²) < 4.78 is 5.98. The van der Waals surface area contributed by atoms with Gasteiger partial charge in [0.05, 0.1) is 6.61 Å². The highest BCUT2D eigenvalue weighted by Crippen LogP contribution is 2.30. The fraction of sp³-hybridized carbons (Fsp3) is 0.619. The van der Waals surface area contributed by atoms with Gasteiger partial charge in [0.25, 0.3) is 0 Å². The number of aliphatic imine (C=N–C) groups is 1. The molecule has 1 saturated carbocycles. The quantitative estimate of drug-likeness (QED) is 0.315. The topological polar surface area (TPSA) is 69.2 Å². The van der Waals surface area contributed by atoms with E-state index < -0.39 is 0 Å². The number of nitrogens with one attached hydrogen (secondary N) is 2. The van der Waals surface area contributed by atoms with Crippen molar-refractivity contribution in [3.8, 4) is 5.75 Å². The molecule has 0 bridgehead atoms. The van der Waals surface area contributed by atoms with E-state index in [-0.39, 0.29) is 29.9 Å². The van der Waals surface area contributed by atoms with E-state index in [2.05, 4.69) is 26.6 Å². The van der Waals surface area contributed by atoms with E-state index in [1.165, 1.54) is 12.8 Å². The van der Waals surface area contributed by atoms with Crippen molar-refractivity contribution in [1.29, 1.82) is 0 Å². The summed E-state index contributed by atoms with van der Waals surface area (Å²) in [7, 11) is 1.79. The number of carbonyl (C=O) groups excluding carboxylic acids is 1. The molecule has 1 saturated heterocycles. The molecule has 2 fully saturated rings. The zero-order valence-corrected chi connectivity index (χ0v) is 19.9. The minimum absolute atomic E-state index is 0. The molecule has 1 aliphatic heterocycles. The first-order valence-corrected chi connectivity index (χ1v) is 10.3. The molecule has 1 aliphatic carbocycles. The molecule has 2 N–H and O–H groups in total. The molecule has 1 heterocycles. The van der Waals surface area contributed by atoms with Crippen LogP contribution >= 0.6 is 24.0 Å². The Kier molecular flexibility index (Phi) is 9.99. The Labute approximate surface area is 191 Å². The molecule has 0 spiro atoms. The summed E-state index contributed by atoms with van der Waals surface area (Å²) in [6.07, 6.45) is 2.58. The molecule has 1 aromatic rings. The Morgan fingerprint density at radius 1 is 1.17 bits per heavy atom. The van der Waals surface area contributed by atoms with Crippen molar-refractivity contribution in [2.24, 2.45) is 10.9 Å². The van der Waals surface area contributed by atoms with Crippen molar-refractivity contribution in [3.63, 3.8) is 0 Å². The SMILES string of the molecule is CN=C(NCCN1CCN(C(C)=O)CC1)NCc1ccccc1OCC1CC1.I. The van der Waals surface area contributed by atoms with Crippen molar-refractivity contribution in [1.82, 2.24) is 20.4 Å². The molecule has 0 radical (unpaired) electrons. The van der Waals surface area contributed by atoms with Gasteiger partial charge in [0.15, 0.2) is 5.96 Å². The van der Waals surface area contributed by atoms with Crippen molar-refractivity contribution in [2.75, 3.05) is 52.9 Å². The Hall–Kier alpha value is -1.55. The number of nitrogens with zero attached hydrogens (tertiary/aromatic N) is 3. The van der Waals surface area contributed by atoms with E-state index in [9.17, 15) is 4.79 Å². The summed E-state index contributed by atoms with van der Waals surface area (Å²) in [6, 6.07) is 8.19. The number of carbonyl (C=O) groups is 1. The zero-order chi connectivity index (χ0) is 19.8. The van der Waals surface area contributed by atoms with Crippen molar-refractivity contribution < 1.29 is 9.53 Å². The molecule has 0 atom stereocenters. The average molecular weight is 515 g/mol. The van der Waals surface area contributed by atoms with Gasteiger partial charge in [0.2, 0.25) is 5.91 Å². The van der Waals surface area contributed by atoms with Gasteiger partial charge < -0.3 is 20.3 Å². The maximum Gasteiger partial charge on any atom is 0.219 e. The number of guanidine groups is 1.